The van der Waals surface area contributed by atoms with Gasteiger partial charge in [-0.05, 0) is 51.4 Å². The highest BCUT2D eigenvalue weighted by Crippen LogP contribution is 2.45. The van der Waals surface area contributed by atoms with Crippen LogP contribution >= 0.6 is 0 Å². The highest BCUT2D eigenvalue weighted by molar-refractivity contribution is 6.74. The van der Waals surface area contributed by atoms with Crippen LogP contribution in [0, 0.1) is 5.41 Å². The molecule has 5 heterocycles. The number of rotatable bonds is 6. The lowest BCUT2D eigenvalue weighted by atomic mass is 10.1. The molecule has 0 unspecified atom stereocenters. The molecule has 2 N–H and O–H groups in total. The SMILES string of the molecule is CC1(C)O[C@@H]2[C@H](O1)[C@@H](CO[Si](C)(C)C(C)(C)C)O[C@H]2n1cnc2c(=N)n([C@@H]3C=C(CO)[C@H]4OC(C)(C)O[C@H]43)cnc21. The van der Waals surface area contributed by atoms with E-state index >= 15 is 0 Å². The maximum Gasteiger partial charge on any atom is 0.192 e. The molecule has 0 radical (unpaired) electrons. The summed E-state index contributed by atoms with van der Waals surface area (Å²) in [5.74, 6) is -1.56. The summed E-state index contributed by atoms with van der Waals surface area (Å²) >= 11 is 0. The molecule has 3 aliphatic heterocycles. The Morgan fingerprint density at radius 1 is 0.976 bits per heavy atom. The van der Waals surface area contributed by atoms with Crippen molar-refractivity contribution >= 4 is 19.5 Å². The Labute approximate surface area is 241 Å². The van der Waals surface area contributed by atoms with E-state index in [9.17, 15) is 5.11 Å². The van der Waals surface area contributed by atoms with Crippen LogP contribution in [0.4, 0.5) is 0 Å². The molecular weight excluding hydrogens is 546 g/mol. The first kappa shape index (κ1) is 29.1. The molecule has 0 saturated carbocycles. The largest absolute Gasteiger partial charge is 0.414 e. The second kappa shape index (κ2) is 9.51. The van der Waals surface area contributed by atoms with E-state index in [-0.39, 0.29) is 47.6 Å². The van der Waals surface area contributed by atoms with Crippen molar-refractivity contribution in [1.29, 1.82) is 5.41 Å². The number of hydrogen-bond donors (Lipinski definition) is 2. The van der Waals surface area contributed by atoms with E-state index in [1.807, 2.05) is 38.3 Å². The van der Waals surface area contributed by atoms with Gasteiger partial charge in [0.15, 0.2) is 37.3 Å². The Balaban J connectivity index is 1.30. The monoisotopic (exact) mass is 589 g/mol. The van der Waals surface area contributed by atoms with Crippen LogP contribution in [-0.4, -0.2) is 87.8 Å². The van der Waals surface area contributed by atoms with Crippen LogP contribution in [0.15, 0.2) is 24.3 Å². The van der Waals surface area contributed by atoms with Crippen LogP contribution < -0.4 is 5.49 Å². The van der Waals surface area contributed by atoms with E-state index in [4.69, 9.17) is 38.5 Å². The van der Waals surface area contributed by atoms with Crippen LogP contribution in [0.25, 0.3) is 11.2 Å². The predicted octanol–water partition coefficient (Wildman–Crippen LogP) is 3.15. The average molecular weight is 590 g/mol. The van der Waals surface area contributed by atoms with E-state index in [2.05, 4.69) is 38.8 Å². The summed E-state index contributed by atoms with van der Waals surface area (Å²) in [5, 5.41) is 19.1. The maximum atomic E-state index is 9.93. The van der Waals surface area contributed by atoms with E-state index in [0.717, 1.165) is 5.57 Å². The van der Waals surface area contributed by atoms with Gasteiger partial charge in [0.2, 0.25) is 0 Å². The molecule has 13 heteroatoms. The summed E-state index contributed by atoms with van der Waals surface area (Å²) in [4.78, 5) is 9.33. The first-order chi connectivity index (χ1) is 19.0. The minimum atomic E-state index is -2.01. The van der Waals surface area contributed by atoms with E-state index < -0.39 is 32.2 Å². The maximum absolute atomic E-state index is 9.93. The highest BCUT2D eigenvalue weighted by atomic mass is 28.4. The molecule has 4 aliphatic rings. The number of nitrogens with zero attached hydrogens (tertiary/aromatic N) is 4. The van der Waals surface area contributed by atoms with Crippen LogP contribution in [0.1, 0.15) is 60.7 Å². The molecular formula is C28H43N5O7Si. The predicted molar refractivity (Wildman–Crippen MR) is 150 cm³/mol. The number of ether oxygens (including phenoxy) is 5. The Morgan fingerprint density at radius 2 is 1.61 bits per heavy atom. The number of aromatic nitrogens is 4. The van der Waals surface area contributed by atoms with Crippen LogP contribution in [0.5, 0.6) is 0 Å². The van der Waals surface area contributed by atoms with Gasteiger partial charge in [0, 0.05) is 0 Å². The molecule has 41 heavy (non-hydrogen) atoms. The number of nitrogens with one attached hydrogen (secondary N) is 1. The van der Waals surface area contributed by atoms with Crippen molar-refractivity contribution in [2.24, 2.45) is 0 Å². The first-order valence-corrected chi connectivity index (χ1v) is 17.2. The van der Waals surface area contributed by atoms with Gasteiger partial charge in [0.25, 0.3) is 0 Å². The molecule has 0 bridgehead atoms. The average Bonchev–Trinajstić information content (AvgIpc) is 3.63. The molecule has 3 fully saturated rings. The van der Waals surface area contributed by atoms with Crippen molar-refractivity contribution < 1.29 is 33.2 Å². The molecule has 2 aromatic rings. The van der Waals surface area contributed by atoms with Gasteiger partial charge in [-0.1, -0.05) is 26.8 Å². The summed E-state index contributed by atoms with van der Waals surface area (Å²) < 4.78 is 41.5. The van der Waals surface area contributed by atoms with Crippen molar-refractivity contribution in [2.75, 3.05) is 13.2 Å². The van der Waals surface area contributed by atoms with Crippen molar-refractivity contribution in [3.05, 3.63) is 29.8 Å². The lowest BCUT2D eigenvalue weighted by Crippen LogP contribution is -2.44. The first-order valence-electron chi connectivity index (χ1n) is 14.3. The van der Waals surface area contributed by atoms with Crippen LogP contribution in [-0.2, 0) is 28.1 Å². The van der Waals surface area contributed by atoms with Crippen molar-refractivity contribution in [3.63, 3.8) is 0 Å². The highest BCUT2D eigenvalue weighted by Gasteiger charge is 2.57. The Bertz CT molecular complexity index is 1430. The van der Waals surface area contributed by atoms with Gasteiger partial charge in [-0.15, -0.1) is 0 Å². The normalized spacial score (nSPS) is 34.3. The number of aliphatic hydroxyl groups is 1. The van der Waals surface area contributed by atoms with Crippen molar-refractivity contribution in [2.45, 2.75) is 121 Å². The summed E-state index contributed by atoms with van der Waals surface area (Å²) in [7, 11) is -2.01. The van der Waals surface area contributed by atoms with Gasteiger partial charge in [-0.3, -0.25) is 9.98 Å². The zero-order valence-corrected chi connectivity index (χ0v) is 26.4. The fourth-order valence-electron chi connectivity index (χ4n) is 6.00. The van der Waals surface area contributed by atoms with Gasteiger partial charge >= 0.3 is 0 Å². The number of fused-ring (bicyclic) bond motifs is 3. The fourth-order valence-corrected chi connectivity index (χ4v) is 7.01. The van der Waals surface area contributed by atoms with Gasteiger partial charge in [0.05, 0.1) is 31.9 Å². The molecule has 0 amide bonds. The zero-order chi connectivity index (χ0) is 29.7. The van der Waals surface area contributed by atoms with Crippen molar-refractivity contribution in [3.8, 4) is 0 Å². The van der Waals surface area contributed by atoms with Crippen molar-refractivity contribution in [1.82, 2.24) is 19.1 Å². The molecule has 0 aromatic carbocycles. The standard InChI is InChI=1S/C28H43N5O7Si/c1-26(2,3)41(8,9)35-12-17-21-22(40-28(6,7)39-21)25(36-17)33-13-30-18-23(29)32(14-31-24(18)33)16-10-15(11-34)19-20(16)38-27(4,5)37-19/h10,13-14,16-17,19-22,25,29,34H,11-12H2,1-9H3/t16-,17-,19-,20+,21-,22-,25-/m1/s1. The Kier molecular flexibility index (Phi) is 6.76. The number of aliphatic hydroxyl groups excluding tert-OH is 1. The molecule has 226 valence electrons. The third-order valence-electron chi connectivity index (χ3n) is 9.09. The van der Waals surface area contributed by atoms with E-state index in [1.165, 1.54) is 0 Å². The summed E-state index contributed by atoms with van der Waals surface area (Å²) in [6, 6.07) is -0.366. The summed E-state index contributed by atoms with van der Waals surface area (Å²) in [5.41, 5.74) is 1.85. The number of hydrogen-bond acceptors (Lipinski definition) is 10. The summed E-state index contributed by atoms with van der Waals surface area (Å²) in [6.45, 7) is 18.9. The smallest absolute Gasteiger partial charge is 0.192 e. The Hall–Kier alpha value is -1.97. The topological polar surface area (TPSA) is 135 Å². The second-order valence-electron chi connectivity index (χ2n) is 13.9. The van der Waals surface area contributed by atoms with Crippen LogP contribution in [0.3, 0.4) is 0 Å². The quantitative estimate of drug-likeness (QED) is 0.385. The molecule has 2 aromatic heterocycles. The van der Waals surface area contributed by atoms with E-state index in [1.54, 1.807) is 17.2 Å². The van der Waals surface area contributed by atoms with Gasteiger partial charge < -0.3 is 37.8 Å². The second-order valence-corrected chi connectivity index (χ2v) is 18.7. The zero-order valence-electron chi connectivity index (χ0n) is 25.4. The van der Waals surface area contributed by atoms with Gasteiger partial charge in [-0.25, -0.2) is 9.97 Å². The molecule has 7 atom stereocenters. The molecule has 1 aliphatic carbocycles. The minimum absolute atomic E-state index is 0.0684. The van der Waals surface area contributed by atoms with E-state index in [0.29, 0.717) is 17.8 Å². The third kappa shape index (κ3) is 4.84. The number of imidazole rings is 1. The molecule has 12 nitrogen and oxygen atoms in total. The minimum Gasteiger partial charge on any atom is -0.414 e. The summed E-state index contributed by atoms with van der Waals surface area (Å²) in [6.07, 6.45) is 2.82. The van der Waals surface area contributed by atoms with Gasteiger partial charge in [0.1, 0.15) is 36.0 Å². The lowest BCUT2D eigenvalue weighted by molar-refractivity contribution is -0.199. The molecule has 3 saturated heterocycles. The van der Waals surface area contributed by atoms with Gasteiger partial charge in [-0.2, -0.15) is 0 Å². The molecule has 0 spiro atoms. The fraction of sp³-hybridized carbons (Fsp3) is 0.750. The lowest BCUT2D eigenvalue weighted by Gasteiger charge is -2.37. The Morgan fingerprint density at radius 3 is 2.29 bits per heavy atom. The molecule has 6 rings (SSSR count). The van der Waals surface area contributed by atoms with Crippen LogP contribution in [0.2, 0.25) is 18.1 Å². The third-order valence-corrected chi connectivity index (χ3v) is 13.6.